The van der Waals surface area contributed by atoms with Crippen LogP contribution >= 0.6 is 23.2 Å². The fourth-order valence-electron chi connectivity index (χ4n) is 3.57. The molecule has 0 saturated heterocycles. The van der Waals surface area contributed by atoms with Gasteiger partial charge in [0.15, 0.2) is 5.69 Å². The van der Waals surface area contributed by atoms with Crippen molar-refractivity contribution < 1.29 is 18.3 Å². The topological polar surface area (TPSA) is 38.1 Å². The highest BCUT2D eigenvalue weighted by Crippen LogP contribution is 2.40. The van der Waals surface area contributed by atoms with Crippen LogP contribution in [0.2, 0.25) is 5.02 Å². The van der Waals surface area contributed by atoms with Gasteiger partial charge in [0.2, 0.25) is 0 Å². The quantitative estimate of drug-likeness (QED) is 0.425. The van der Waals surface area contributed by atoms with E-state index in [4.69, 9.17) is 23.2 Å². The third-order valence-corrected chi connectivity index (χ3v) is 5.93. The molecular formula is C24H19Cl2F3N2O. The monoisotopic (exact) mass is 478 g/mol. The first kappa shape index (κ1) is 22.6. The van der Waals surface area contributed by atoms with Crippen molar-refractivity contribution in [2.24, 2.45) is 0 Å². The van der Waals surface area contributed by atoms with Crippen molar-refractivity contribution in [1.82, 2.24) is 9.78 Å². The Morgan fingerprint density at radius 2 is 1.72 bits per heavy atom. The fraction of sp³-hybridized carbons (Fsp3) is 0.208. The number of benzene rings is 2. The molecule has 0 amide bonds. The molecule has 32 heavy (non-hydrogen) atoms. The molecular weight excluding hydrogens is 460 g/mol. The van der Waals surface area contributed by atoms with Crippen LogP contribution in [0.25, 0.3) is 22.4 Å². The lowest BCUT2D eigenvalue weighted by Gasteiger charge is -2.19. The van der Waals surface area contributed by atoms with Crippen molar-refractivity contribution in [2.75, 3.05) is 0 Å². The summed E-state index contributed by atoms with van der Waals surface area (Å²) >= 11 is 12.7. The molecule has 1 unspecified atom stereocenters. The summed E-state index contributed by atoms with van der Waals surface area (Å²) in [4.78, 5) is 0. The van der Waals surface area contributed by atoms with Gasteiger partial charge in [-0.2, -0.15) is 18.3 Å². The molecule has 166 valence electrons. The number of nitrogens with zero attached hydrogens (tertiary/aromatic N) is 2. The van der Waals surface area contributed by atoms with E-state index in [1.807, 2.05) is 24.3 Å². The minimum atomic E-state index is -4.61. The zero-order valence-corrected chi connectivity index (χ0v) is 18.7. The average molecular weight is 479 g/mol. The summed E-state index contributed by atoms with van der Waals surface area (Å²) in [5.74, 6) is 0. The van der Waals surface area contributed by atoms with Gasteiger partial charge >= 0.3 is 6.18 Å². The molecule has 0 aliphatic heterocycles. The third-order valence-electron chi connectivity index (χ3n) is 5.27. The largest absolute Gasteiger partial charge is 0.435 e. The molecule has 8 heteroatoms. The van der Waals surface area contributed by atoms with Gasteiger partial charge < -0.3 is 5.11 Å². The van der Waals surface area contributed by atoms with Crippen molar-refractivity contribution in [3.05, 3.63) is 88.1 Å². The van der Waals surface area contributed by atoms with Crippen LogP contribution in [0.5, 0.6) is 0 Å². The Morgan fingerprint density at radius 1 is 1.00 bits per heavy atom. The first-order valence-electron chi connectivity index (χ1n) is 9.79. The smallest absolute Gasteiger partial charge is 0.386 e. The Morgan fingerprint density at radius 3 is 2.31 bits per heavy atom. The number of rotatable bonds is 4. The molecule has 3 aromatic rings. The van der Waals surface area contributed by atoms with Gasteiger partial charge in [0.25, 0.3) is 0 Å². The van der Waals surface area contributed by atoms with E-state index in [2.05, 4.69) is 5.10 Å². The van der Waals surface area contributed by atoms with Crippen molar-refractivity contribution in [1.29, 1.82) is 0 Å². The molecule has 4 rings (SSSR count). The molecule has 1 N–H and O–H groups in total. The highest BCUT2D eigenvalue weighted by molar-refractivity contribution is 6.33. The van der Waals surface area contributed by atoms with Gasteiger partial charge in [0.05, 0.1) is 16.3 Å². The van der Waals surface area contributed by atoms with Crippen LogP contribution in [0, 0.1) is 0 Å². The summed E-state index contributed by atoms with van der Waals surface area (Å²) in [6.07, 6.45) is 0.350. The molecule has 1 aromatic heterocycles. The number of hydrogen-bond acceptors (Lipinski definition) is 2. The minimum Gasteiger partial charge on any atom is -0.386 e. The molecule has 0 bridgehead atoms. The van der Waals surface area contributed by atoms with Crippen LogP contribution < -0.4 is 0 Å². The molecule has 1 atom stereocenters. The Balaban J connectivity index is 1.80. The second-order valence-corrected chi connectivity index (χ2v) is 8.92. The zero-order valence-electron chi connectivity index (χ0n) is 17.2. The van der Waals surface area contributed by atoms with Crippen LogP contribution in [-0.2, 0) is 11.8 Å². The first-order valence-corrected chi connectivity index (χ1v) is 10.5. The third kappa shape index (κ3) is 4.35. The second kappa shape index (κ2) is 8.10. The van der Waals surface area contributed by atoms with Crippen molar-refractivity contribution in [3.8, 4) is 22.4 Å². The van der Waals surface area contributed by atoms with Crippen molar-refractivity contribution in [3.63, 3.8) is 0 Å². The second-order valence-electron chi connectivity index (χ2n) is 8.07. The van der Waals surface area contributed by atoms with E-state index in [1.165, 1.54) is 4.68 Å². The molecule has 3 nitrogen and oxygen atoms in total. The average Bonchev–Trinajstić information content (AvgIpc) is 3.33. The summed E-state index contributed by atoms with van der Waals surface area (Å²) in [6, 6.07) is 12.8. The van der Waals surface area contributed by atoms with Gasteiger partial charge in [-0.3, -0.25) is 4.68 Å². The maximum absolute atomic E-state index is 13.4. The predicted octanol–water partition coefficient (Wildman–Crippen LogP) is 7.35. The minimum absolute atomic E-state index is 0.210. The maximum atomic E-state index is 13.4. The lowest BCUT2D eigenvalue weighted by Crippen LogP contribution is -2.15. The van der Waals surface area contributed by atoms with Crippen LogP contribution in [0.15, 0.2) is 71.8 Å². The van der Waals surface area contributed by atoms with Crippen LogP contribution in [0.1, 0.15) is 31.1 Å². The molecule has 0 spiro atoms. The molecule has 1 aliphatic rings. The molecule has 0 fully saturated rings. The van der Waals surface area contributed by atoms with E-state index >= 15 is 0 Å². The summed E-state index contributed by atoms with van der Waals surface area (Å²) in [5, 5.41) is 14.7. The highest BCUT2D eigenvalue weighted by Gasteiger charge is 2.36. The van der Waals surface area contributed by atoms with E-state index in [9.17, 15) is 18.3 Å². The SMILES string of the molecule is CC(C)(O)c1cccc(-c2ccc(-c3cc(C(F)(F)F)nn3C3C=CC=C3Cl)c(Cl)c2)c1. The number of hydrogen-bond donors (Lipinski definition) is 1. The molecule has 0 saturated carbocycles. The number of allylic oxidation sites excluding steroid dienone is 4. The van der Waals surface area contributed by atoms with E-state index in [-0.39, 0.29) is 10.7 Å². The van der Waals surface area contributed by atoms with Gasteiger partial charge in [-0.25, -0.2) is 0 Å². The first-order chi connectivity index (χ1) is 14.9. The van der Waals surface area contributed by atoms with Gasteiger partial charge in [0.1, 0.15) is 6.04 Å². The van der Waals surface area contributed by atoms with Crippen molar-refractivity contribution >= 4 is 23.2 Å². The Hall–Kier alpha value is -2.54. The van der Waals surface area contributed by atoms with Gasteiger partial charge in [-0.15, -0.1) is 0 Å². The fourth-order valence-corrected chi connectivity index (χ4v) is 4.08. The Kier molecular flexibility index (Phi) is 5.74. The Labute approximate surface area is 193 Å². The summed E-state index contributed by atoms with van der Waals surface area (Å²) in [6.45, 7) is 3.39. The zero-order chi connectivity index (χ0) is 23.3. The van der Waals surface area contributed by atoms with E-state index in [0.29, 0.717) is 10.6 Å². The summed E-state index contributed by atoms with van der Waals surface area (Å²) in [7, 11) is 0. The normalized spacial score (nSPS) is 16.5. The lowest BCUT2D eigenvalue weighted by molar-refractivity contribution is -0.141. The summed E-state index contributed by atoms with van der Waals surface area (Å²) < 4.78 is 41.5. The lowest BCUT2D eigenvalue weighted by atomic mass is 9.94. The van der Waals surface area contributed by atoms with Gasteiger partial charge in [-0.1, -0.05) is 65.7 Å². The molecule has 0 radical (unpaired) electrons. The van der Waals surface area contributed by atoms with E-state index < -0.39 is 23.5 Å². The van der Waals surface area contributed by atoms with Gasteiger partial charge in [-0.05, 0) is 54.8 Å². The number of aromatic nitrogens is 2. The van der Waals surface area contributed by atoms with Crippen LogP contribution in [-0.4, -0.2) is 14.9 Å². The highest BCUT2D eigenvalue weighted by atomic mass is 35.5. The maximum Gasteiger partial charge on any atom is 0.435 e. The number of aliphatic hydroxyl groups is 1. The van der Waals surface area contributed by atoms with Gasteiger partial charge in [0, 0.05) is 10.6 Å². The Bertz CT molecular complexity index is 1240. The van der Waals surface area contributed by atoms with Crippen molar-refractivity contribution in [2.45, 2.75) is 31.7 Å². The standard InChI is InChI=1S/C24H19Cl2F3N2O/c1-23(2,32)16-6-3-5-14(11-16)15-9-10-17(19(26)12-15)21-13-22(24(27,28)29)30-31(21)20-8-4-7-18(20)25/h3-13,20,32H,1-2H3. The van der Waals surface area contributed by atoms with Crippen LogP contribution in [0.4, 0.5) is 13.2 Å². The number of halogens is 5. The summed E-state index contributed by atoms with van der Waals surface area (Å²) in [5.41, 5.74) is 0.914. The van der Waals surface area contributed by atoms with Crippen LogP contribution in [0.3, 0.4) is 0 Å². The predicted molar refractivity (Wildman–Crippen MR) is 120 cm³/mol. The molecule has 2 aromatic carbocycles. The van der Waals surface area contributed by atoms with E-state index in [0.717, 1.165) is 22.8 Å². The molecule has 1 aliphatic carbocycles. The van der Waals surface area contributed by atoms with E-state index in [1.54, 1.807) is 50.3 Å². The molecule has 1 heterocycles. The number of alkyl halides is 3.